The lowest BCUT2D eigenvalue weighted by molar-refractivity contribution is -0.613. The monoisotopic (exact) mass is 1860 g/mol. The Balaban J connectivity index is 0.000000201. The zero-order chi connectivity index (χ0) is 92.3. The van der Waals surface area contributed by atoms with Crippen molar-refractivity contribution >= 4 is 81.5 Å². The van der Waals surface area contributed by atoms with Crippen LogP contribution in [0.15, 0.2) is 231 Å². The molecule has 6 N–H and O–H groups in total. The van der Waals surface area contributed by atoms with Gasteiger partial charge in [0, 0.05) is 50.9 Å². The molecule has 1 heterocycles. The number of nitrogens with zero attached hydrogens (tertiary/aromatic N) is 1. The maximum absolute atomic E-state index is 13.0. The highest BCUT2D eigenvalue weighted by molar-refractivity contribution is 6.38. The first-order valence-corrected chi connectivity index (χ1v) is 46.1. The van der Waals surface area contributed by atoms with E-state index in [2.05, 4.69) is 130 Å². The van der Waals surface area contributed by atoms with E-state index in [1.165, 1.54) is 70.5 Å². The van der Waals surface area contributed by atoms with Crippen molar-refractivity contribution in [2.75, 3.05) is 86.7 Å². The van der Waals surface area contributed by atoms with E-state index in [0.717, 1.165) is 141 Å². The minimum atomic E-state index is -0.349. The molecule has 16 nitrogen and oxygen atoms in total. The van der Waals surface area contributed by atoms with Gasteiger partial charge in [0.25, 0.3) is 0 Å². The predicted octanol–water partition coefficient (Wildman–Crippen LogP) is 25.0. The first-order chi connectivity index (χ1) is 62.4. The Morgan fingerprint density at radius 1 is 0.395 bits per heavy atom. The van der Waals surface area contributed by atoms with E-state index < -0.39 is 0 Å². The minimum absolute atomic E-state index is 0.0245. The van der Waals surface area contributed by atoms with Crippen molar-refractivity contribution in [1.29, 1.82) is 0 Å². The quantitative estimate of drug-likeness (QED) is 0.0140. The molecule has 0 aliphatic carbocycles. The van der Waals surface area contributed by atoms with Crippen LogP contribution in [0.25, 0.3) is 33.4 Å². The fourth-order valence-electron chi connectivity index (χ4n) is 15.8. The summed E-state index contributed by atoms with van der Waals surface area (Å²) in [5.74, 6) is 3.46. The van der Waals surface area contributed by atoms with Crippen LogP contribution in [0.5, 0.6) is 34.5 Å². The van der Waals surface area contributed by atoms with Crippen LogP contribution >= 0.6 is 69.6 Å². The third kappa shape index (κ3) is 30.1. The molecule has 0 amide bonds. The molecule has 0 spiro atoms. The van der Waals surface area contributed by atoms with E-state index in [0.29, 0.717) is 132 Å². The second-order valence-electron chi connectivity index (χ2n) is 32.1. The summed E-state index contributed by atoms with van der Waals surface area (Å²) in [6.45, 7) is 18.3. The average Bonchev–Trinajstić information content (AvgIpc) is 0.793. The summed E-state index contributed by atoms with van der Waals surface area (Å²) in [4.78, 5) is 24.1. The minimum Gasteiger partial charge on any atom is -0.618 e. The molecule has 12 aromatic rings. The first-order valence-electron chi connectivity index (χ1n) is 43.8. The predicted molar refractivity (Wildman–Crippen MR) is 526 cm³/mol. The number of hydrogen-bond donors (Lipinski definition) is 3. The van der Waals surface area contributed by atoms with Crippen LogP contribution in [0.1, 0.15) is 152 Å². The number of ether oxygens (including phenoxy) is 9. The van der Waals surface area contributed by atoms with Crippen molar-refractivity contribution < 1.29 is 57.0 Å². The van der Waals surface area contributed by atoms with Crippen LogP contribution in [0.4, 0.5) is 0 Å². The van der Waals surface area contributed by atoms with E-state index >= 15 is 0 Å². The highest BCUT2D eigenvalue weighted by atomic mass is 35.5. The summed E-state index contributed by atoms with van der Waals surface area (Å²) in [6, 6.07) is 74.7. The number of aromatic nitrogens is 1. The number of carbonyl (C=O) groups is 2. The molecule has 680 valence electrons. The summed E-state index contributed by atoms with van der Waals surface area (Å²) >= 11 is 37.5. The fourth-order valence-corrected chi connectivity index (χ4v) is 17.9. The largest absolute Gasteiger partial charge is 0.618 e. The van der Waals surface area contributed by atoms with Crippen molar-refractivity contribution in [3.8, 4) is 67.9 Å². The van der Waals surface area contributed by atoms with Crippen LogP contribution in [-0.2, 0) is 57.5 Å². The average molecular weight is 1860 g/mol. The number of aryl methyl sites for hydroxylation is 7. The van der Waals surface area contributed by atoms with E-state index in [-0.39, 0.29) is 29.7 Å². The smallest absolute Gasteiger partial charge is 0.338 e. The lowest BCUT2D eigenvalue weighted by Gasteiger charge is -2.20. The Kier molecular flexibility index (Phi) is 40.6. The number of rotatable bonds is 43. The molecular weight excluding hydrogens is 1750 g/mol. The molecule has 0 bridgehead atoms. The molecule has 22 heteroatoms. The van der Waals surface area contributed by atoms with Crippen LogP contribution in [0.2, 0.25) is 30.1 Å². The first kappa shape index (κ1) is 101. The van der Waals surface area contributed by atoms with Crippen LogP contribution in [-0.4, -0.2) is 98.6 Å². The number of unbranched alkanes of at least 4 members (excludes halogenated alkanes) is 2. The van der Waals surface area contributed by atoms with Gasteiger partial charge in [-0.1, -0.05) is 223 Å². The van der Waals surface area contributed by atoms with E-state index in [1.807, 2.05) is 130 Å². The number of pyridine rings is 1. The highest BCUT2D eigenvalue weighted by Crippen LogP contribution is 2.40. The van der Waals surface area contributed by atoms with Gasteiger partial charge in [-0.3, -0.25) is 4.79 Å². The van der Waals surface area contributed by atoms with Gasteiger partial charge in [-0.25, -0.2) is 4.79 Å². The molecule has 12 rings (SSSR count). The van der Waals surface area contributed by atoms with Crippen LogP contribution in [0, 0.1) is 39.8 Å². The van der Waals surface area contributed by atoms with Gasteiger partial charge in [0.1, 0.15) is 56.9 Å². The maximum atomic E-state index is 13.0. The number of carbonyl (C=O) groups excluding carboxylic acids is 2. The van der Waals surface area contributed by atoms with Crippen molar-refractivity contribution in [1.82, 2.24) is 0 Å². The van der Waals surface area contributed by atoms with Gasteiger partial charge < -0.3 is 65.0 Å². The molecule has 0 aliphatic heterocycles. The zero-order valence-electron chi connectivity index (χ0n) is 75.1. The van der Waals surface area contributed by atoms with E-state index in [1.54, 1.807) is 19.4 Å². The highest BCUT2D eigenvalue weighted by Gasteiger charge is 2.24. The second kappa shape index (κ2) is 51.9. The molecule has 3 atom stereocenters. The van der Waals surface area contributed by atoms with Crippen molar-refractivity contribution in [2.45, 2.75) is 137 Å². The van der Waals surface area contributed by atoms with Gasteiger partial charge in [-0.15, -0.1) is 0 Å². The standard InChI is InChI=1S/C37H41Cl2NO4.C36H39Cl2NO4.C34H38Cl2N2O4/c1-4-5-6-9-27-10-7-8-11-31(27)32-17-14-28(23-33(32)37(41)42-3)29(24-40)22-26-12-15-30(16-13-26)43-18-19-44-36-34(38)20-25(2)21-35(36)39;1-24-19-34(37)36(35(38)20-24)43-18-17-42-31-13-10-27(11-14-31)22-30(23-39)32-15-12-29(21-25(32)2)33-9-5-4-7-28(33)8-6-16-41-26(3)40;1-23-18-31(35)34(32(36)19-23)42-17-16-41-28-11-8-25(9-12-28)21-27(22-37)29-13-10-26(20-24(29)2)30-6-4-14-38(39)33(30)7-5-15-40-3/h7-8,10-17,20-21,23,29H,4-6,9,18-19,22,24,40H2,1-3H3;4-5,7,9-15,19-21,30H,6,8,16-18,22-23,39H2,1-3H3;4,6,8-14,18-20,27H,5,7,15-17,21-22,37H2,1-3H3. The Labute approximate surface area is 791 Å². The normalized spacial score (nSPS) is 11.7. The Morgan fingerprint density at radius 3 is 1.21 bits per heavy atom. The van der Waals surface area contributed by atoms with Crippen LogP contribution in [0.3, 0.4) is 0 Å². The molecule has 0 fully saturated rings. The van der Waals surface area contributed by atoms with E-state index in [4.69, 9.17) is 129 Å². The van der Waals surface area contributed by atoms with Gasteiger partial charge in [-0.05, 0) is 291 Å². The second-order valence-corrected chi connectivity index (χ2v) is 34.5. The number of benzene rings is 11. The SMILES string of the molecule is CC(=O)OCCCc1ccccc1-c1ccc(C(CN)Cc2ccc(OCCOc3c(Cl)cc(C)cc3Cl)cc2)c(C)c1.CCCCCc1ccccc1-c1ccc(C(CN)Cc2ccc(OCCOc3c(Cl)cc(C)cc3Cl)cc2)cc1C(=O)OC.COCCCc1c(-c2ccc(C(CN)Cc3ccc(OCCOc4c(Cl)cc(C)cc4Cl)cc3)c(C)c2)ccc[n+]1[O-]. The number of halogens is 6. The number of esters is 2. The number of methoxy groups -OCH3 is 2. The van der Waals surface area contributed by atoms with Crippen molar-refractivity contribution in [3.05, 3.63) is 350 Å². The summed E-state index contributed by atoms with van der Waals surface area (Å²) in [7, 11) is 3.10. The summed E-state index contributed by atoms with van der Waals surface area (Å²) < 4.78 is 51.3. The van der Waals surface area contributed by atoms with E-state index in [9.17, 15) is 14.8 Å². The Hall–Kier alpha value is -10.3. The summed E-state index contributed by atoms with van der Waals surface area (Å²) in [5, 5.41) is 15.5. The number of nitrogens with two attached hydrogens (primary N) is 3. The third-order valence-corrected chi connectivity index (χ3v) is 24.0. The summed E-state index contributed by atoms with van der Waals surface area (Å²) in [6.07, 6.45) is 11.4. The molecule has 1 aromatic heterocycles. The molecular formula is C107H118Cl6N4O12. The van der Waals surface area contributed by atoms with Gasteiger partial charge in [0.05, 0.1) is 55.0 Å². The Morgan fingerprint density at radius 2 is 0.791 bits per heavy atom. The van der Waals surface area contributed by atoms with Crippen molar-refractivity contribution in [2.24, 2.45) is 17.2 Å². The van der Waals surface area contributed by atoms with Gasteiger partial charge in [-0.2, -0.15) is 4.73 Å². The fraction of sp³-hybridized carbons (Fsp3) is 0.318. The zero-order valence-corrected chi connectivity index (χ0v) is 79.6. The van der Waals surface area contributed by atoms with Crippen molar-refractivity contribution in [3.63, 3.8) is 0 Å². The van der Waals surface area contributed by atoms with Crippen LogP contribution < -0.4 is 50.4 Å². The maximum Gasteiger partial charge on any atom is 0.338 e. The lowest BCUT2D eigenvalue weighted by atomic mass is 9.87. The number of hydrogen-bond acceptors (Lipinski definition) is 15. The van der Waals surface area contributed by atoms with Gasteiger partial charge in [0.2, 0.25) is 5.69 Å². The third-order valence-electron chi connectivity index (χ3n) is 22.3. The molecule has 11 aromatic carbocycles. The van der Waals surface area contributed by atoms with Gasteiger partial charge >= 0.3 is 11.9 Å². The molecule has 129 heavy (non-hydrogen) atoms. The summed E-state index contributed by atoms with van der Waals surface area (Å²) in [5.41, 5.74) is 41.2. The molecule has 3 unspecified atom stereocenters. The molecule has 0 aliphatic rings. The molecule has 0 saturated heterocycles. The topological polar surface area (TPSA) is 222 Å². The lowest BCUT2D eigenvalue weighted by Crippen LogP contribution is -2.32. The molecule has 0 saturated carbocycles. The molecule has 0 radical (unpaired) electrons. The van der Waals surface area contributed by atoms with Gasteiger partial charge in [0.15, 0.2) is 23.4 Å². The Bertz CT molecular complexity index is 5550.